The SMILES string of the molecule is Cc1ccn(CC(=O)N[C@H]2Cc3cc(C(=O)NCc4ccccc4)nn3C2)n1. The van der Waals surface area contributed by atoms with Gasteiger partial charge in [0, 0.05) is 24.9 Å². The van der Waals surface area contributed by atoms with Gasteiger partial charge in [0.05, 0.1) is 18.3 Å². The molecular formula is C20H22N6O2. The first-order valence-electron chi connectivity index (χ1n) is 9.25. The molecule has 1 aliphatic rings. The summed E-state index contributed by atoms with van der Waals surface area (Å²) in [5.74, 6) is -0.278. The molecule has 3 heterocycles. The Hall–Kier alpha value is -3.42. The van der Waals surface area contributed by atoms with Crippen molar-refractivity contribution in [2.24, 2.45) is 0 Å². The molecule has 1 atom stereocenters. The van der Waals surface area contributed by atoms with Crippen LogP contribution in [-0.4, -0.2) is 37.4 Å². The lowest BCUT2D eigenvalue weighted by molar-refractivity contribution is -0.122. The van der Waals surface area contributed by atoms with E-state index < -0.39 is 0 Å². The van der Waals surface area contributed by atoms with Gasteiger partial charge in [0.1, 0.15) is 12.2 Å². The van der Waals surface area contributed by atoms with Crippen molar-refractivity contribution in [1.29, 1.82) is 0 Å². The highest BCUT2D eigenvalue weighted by Crippen LogP contribution is 2.16. The zero-order valence-corrected chi connectivity index (χ0v) is 15.6. The molecule has 144 valence electrons. The largest absolute Gasteiger partial charge is 0.349 e. The third-order valence-corrected chi connectivity index (χ3v) is 4.69. The van der Waals surface area contributed by atoms with Crippen LogP contribution in [0.4, 0.5) is 0 Å². The minimum atomic E-state index is -0.194. The van der Waals surface area contributed by atoms with Crippen molar-refractivity contribution in [3.05, 3.63) is 71.3 Å². The number of hydrogen-bond acceptors (Lipinski definition) is 4. The summed E-state index contributed by atoms with van der Waals surface area (Å²) >= 11 is 0. The summed E-state index contributed by atoms with van der Waals surface area (Å²) in [6, 6.07) is 13.4. The van der Waals surface area contributed by atoms with E-state index in [1.165, 1.54) is 0 Å². The highest BCUT2D eigenvalue weighted by Gasteiger charge is 2.26. The van der Waals surface area contributed by atoms with Gasteiger partial charge < -0.3 is 10.6 Å². The Morgan fingerprint density at radius 1 is 1.18 bits per heavy atom. The summed E-state index contributed by atoms with van der Waals surface area (Å²) in [6.45, 7) is 3.11. The summed E-state index contributed by atoms with van der Waals surface area (Å²) in [5, 5.41) is 14.5. The fraction of sp³-hybridized carbons (Fsp3) is 0.300. The Morgan fingerprint density at radius 2 is 2.00 bits per heavy atom. The molecule has 0 unspecified atom stereocenters. The molecule has 8 nitrogen and oxygen atoms in total. The molecule has 0 radical (unpaired) electrons. The molecule has 0 saturated carbocycles. The van der Waals surface area contributed by atoms with Crippen molar-refractivity contribution >= 4 is 11.8 Å². The van der Waals surface area contributed by atoms with Crippen LogP contribution in [0.15, 0.2) is 48.7 Å². The predicted octanol–water partition coefficient (Wildman–Crippen LogP) is 1.06. The Labute approximate surface area is 162 Å². The first-order valence-corrected chi connectivity index (χ1v) is 9.25. The van der Waals surface area contributed by atoms with E-state index in [4.69, 9.17) is 0 Å². The van der Waals surface area contributed by atoms with Gasteiger partial charge in [-0.3, -0.25) is 19.0 Å². The van der Waals surface area contributed by atoms with Gasteiger partial charge in [0.15, 0.2) is 0 Å². The number of carbonyl (C=O) groups is 2. The van der Waals surface area contributed by atoms with Crippen molar-refractivity contribution < 1.29 is 9.59 Å². The maximum atomic E-state index is 12.3. The number of fused-ring (bicyclic) bond motifs is 1. The van der Waals surface area contributed by atoms with E-state index in [0.717, 1.165) is 17.0 Å². The van der Waals surface area contributed by atoms with E-state index in [0.29, 0.717) is 25.2 Å². The molecule has 28 heavy (non-hydrogen) atoms. The summed E-state index contributed by atoms with van der Waals surface area (Å²) in [7, 11) is 0. The molecule has 0 saturated heterocycles. The molecule has 2 N–H and O–H groups in total. The molecule has 1 aromatic carbocycles. The van der Waals surface area contributed by atoms with Crippen LogP contribution < -0.4 is 10.6 Å². The van der Waals surface area contributed by atoms with Gasteiger partial charge in [-0.15, -0.1) is 0 Å². The third-order valence-electron chi connectivity index (χ3n) is 4.69. The van der Waals surface area contributed by atoms with Crippen molar-refractivity contribution in [2.75, 3.05) is 0 Å². The second kappa shape index (κ2) is 7.67. The number of nitrogens with one attached hydrogen (secondary N) is 2. The minimum Gasteiger partial charge on any atom is -0.349 e. The van der Waals surface area contributed by atoms with Crippen molar-refractivity contribution in [3.8, 4) is 0 Å². The summed E-state index contributed by atoms with van der Waals surface area (Å²) in [5.41, 5.74) is 3.28. The molecule has 2 aromatic heterocycles. The first kappa shape index (κ1) is 18.0. The summed E-state index contributed by atoms with van der Waals surface area (Å²) < 4.78 is 3.41. The topological polar surface area (TPSA) is 93.8 Å². The van der Waals surface area contributed by atoms with Gasteiger partial charge in [-0.2, -0.15) is 10.2 Å². The molecule has 0 spiro atoms. The molecule has 8 heteroatoms. The second-order valence-electron chi connectivity index (χ2n) is 6.99. The smallest absolute Gasteiger partial charge is 0.272 e. The van der Waals surface area contributed by atoms with Crippen LogP contribution in [0, 0.1) is 6.92 Å². The standard InChI is InChI=1S/C20H22N6O2/c1-14-7-8-25(23-14)13-19(27)22-16-9-17-10-18(24-26(17)12-16)20(28)21-11-15-5-3-2-4-6-15/h2-8,10,16H,9,11-13H2,1H3,(H,21,28)(H,22,27)/t16-/m0/s1. The number of aromatic nitrogens is 4. The van der Waals surface area contributed by atoms with Gasteiger partial charge in [0.25, 0.3) is 5.91 Å². The van der Waals surface area contributed by atoms with Crippen LogP contribution in [0.25, 0.3) is 0 Å². The van der Waals surface area contributed by atoms with Gasteiger partial charge >= 0.3 is 0 Å². The predicted molar refractivity (Wildman–Crippen MR) is 102 cm³/mol. The fourth-order valence-electron chi connectivity index (χ4n) is 3.35. The van der Waals surface area contributed by atoms with Gasteiger partial charge in [-0.05, 0) is 24.6 Å². The lowest BCUT2D eigenvalue weighted by atomic mass is 10.2. The second-order valence-corrected chi connectivity index (χ2v) is 6.99. The number of aryl methyl sites for hydroxylation is 1. The quantitative estimate of drug-likeness (QED) is 0.671. The highest BCUT2D eigenvalue weighted by atomic mass is 16.2. The fourth-order valence-corrected chi connectivity index (χ4v) is 3.35. The summed E-state index contributed by atoms with van der Waals surface area (Å²) in [6.07, 6.45) is 2.44. The number of carbonyl (C=O) groups excluding carboxylic acids is 2. The van der Waals surface area contributed by atoms with Crippen LogP contribution >= 0.6 is 0 Å². The number of amides is 2. The number of rotatable bonds is 6. The normalized spacial score (nSPS) is 15.2. The number of hydrogen-bond donors (Lipinski definition) is 2. The van der Waals surface area contributed by atoms with Crippen molar-refractivity contribution in [3.63, 3.8) is 0 Å². The Morgan fingerprint density at radius 3 is 2.71 bits per heavy atom. The molecular weight excluding hydrogens is 356 g/mol. The van der Waals surface area contributed by atoms with E-state index in [1.54, 1.807) is 21.6 Å². The molecule has 0 fully saturated rings. The lowest BCUT2D eigenvalue weighted by Gasteiger charge is -2.11. The molecule has 4 rings (SSSR count). The Balaban J connectivity index is 1.28. The first-order chi connectivity index (χ1) is 13.6. The van der Waals surface area contributed by atoms with Crippen molar-refractivity contribution in [1.82, 2.24) is 30.2 Å². The van der Waals surface area contributed by atoms with Gasteiger partial charge in [0.2, 0.25) is 5.91 Å². The number of benzene rings is 1. The van der Waals surface area contributed by atoms with Crippen molar-refractivity contribution in [2.45, 2.75) is 39.0 Å². The average Bonchev–Trinajstić information content (AvgIpc) is 3.35. The van der Waals surface area contributed by atoms with E-state index in [9.17, 15) is 9.59 Å². The van der Waals surface area contributed by atoms with E-state index >= 15 is 0 Å². The number of nitrogens with zero attached hydrogens (tertiary/aromatic N) is 4. The zero-order chi connectivity index (χ0) is 19.5. The summed E-state index contributed by atoms with van der Waals surface area (Å²) in [4.78, 5) is 24.5. The van der Waals surface area contributed by atoms with E-state index in [-0.39, 0.29) is 24.4 Å². The van der Waals surface area contributed by atoms with E-state index in [1.807, 2.05) is 43.3 Å². The Kier molecular flexibility index (Phi) is 4.92. The van der Waals surface area contributed by atoms with Crippen LogP contribution in [0.5, 0.6) is 0 Å². The van der Waals surface area contributed by atoms with Crippen LogP contribution in [0.1, 0.15) is 27.4 Å². The van der Waals surface area contributed by atoms with Crippen LogP contribution in [0.3, 0.4) is 0 Å². The van der Waals surface area contributed by atoms with E-state index in [2.05, 4.69) is 20.8 Å². The molecule has 1 aliphatic heterocycles. The monoisotopic (exact) mass is 378 g/mol. The van der Waals surface area contributed by atoms with Gasteiger partial charge in [-0.1, -0.05) is 30.3 Å². The zero-order valence-electron chi connectivity index (χ0n) is 15.6. The average molecular weight is 378 g/mol. The molecule has 2 amide bonds. The maximum absolute atomic E-state index is 12.3. The van der Waals surface area contributed by atoms with Crippen LogP contribution in [-0.2, 0) is 30.8 Å². The van der Waals surface area contributed by atoms with Crippen LogP contribution in [0.2, 0.25) is 0 Å². The Bertz CT molecular complexity index is 968. The molecule has 0 bridgehead atoms. The molecule has 3 aromatic rings. The minimum absolute atomic E-state index is 0.0203. The van der Waals surface area contributed by atoms with Gasteiger partial charge in [-0.25, -0.2) is 0 Å². The lowest BCUT2D eigenvalue weighted by Crippen LogP contribution is -2.38. The highest BCUT2D eigenvalue weighted by molar-refractivity contribution is 5.92. The third kappa shape index (κ3) is 4.11. The maximum Gasteiger partial charge on any atom is 0.272 e. The molecule has 0 aliphatic carbocycles.